The van der Waals surface area contributed by atoms with Crippen LogP contribution in [0.3, 0.4) is 0 Å². The zero-order valence-electron chi connectivity index (χ0n) is 15.0. The first-order chi connectivity index (χ1) is 12.2. The Morgan fingerprint density at radius 1 is 1.50 bits per heavy atom. The summed E-state index contributed by atoms with van der Waals surface area (Å²) in [5, 5.41) is 7.67. The molecule has 1 fully saturated rings. The van der Waals surface area contributed by atoms with Crippen LogP contribution in [0.1, 0.15) is 23.5 Å². The van der Waals surface area contributed by atoms with Crippen molar-refractivity contribution in [1.82, 2.24) is 20.0 Å². The highest BCUT2D eigenvalue weighted by molar-refractivity contribution is 14.0. The highest BCUT2D eigenvalue weighted by Gasteiger charge is 2.25. The number of aliphatic imine (C=N–C) groups is 1. The third-order valence-electron chi connectivity index (χ3n) is 4.05. The number of hydrogen-bond donors (Lipinski definition) is 1. The molecule has 1 aliphatic heterocycles. The second-order valence-corrected chi connectivity index (χ2v) is 8.49. The number of halogens is 2. The number of rotatable bonds is 5. The van der Waals surface area contributed by atoms with Crippen molar-refractivity contribution in [2.24, 2.45) is 12.0 Å². The Morgan fingerprint density at radius 3 is 3.00 bits per heavy atom. The van der Waals surface area contributed by atoms with Gasteiger partial charge >= 0.3 is 0 Å². The molecule has 2 aromatic rings. The van der Waals surface area contributed by atoms with Crippen LogP contribution < -0.4 is 5.32 Å². The topological polar surface area (TPSA) is 54.7 Å². The van der Waals surface area contributed by atoms with Crippen LogP contribution in [-0.2, 0) is 18.2 Å². The zero-order chi connectivity index (χ0) is 17.6. The molecule has 0 aliphatic carbocycles. The summed E-state index contributed by atoms with van der Waals surface area (Å²) in [4.78, 5) is 8.46. The number of aromatic nitrogens is 2. The molecule has 0 radical (unpaired) electrons. The smallest absolute Gasteiger partial charge is 0.194 e. The van der Waals surface area contributed by atoms with Gasteiger partial charge in [-0.05, 0) is 35.0 Å². The van der Waals surface area contributed by atoms with E-state index in [0.29, 0.717) is 6.61 Å². The van der Waals surface area contributed by atoms with E-state index in [1.54, 1.807) is 11.3 Å². The molecule has 1 saturated heterocycles. The van der Waals surface area contributed by atoms with Gasteiger partial charge in [-0.25, -0.2) is 0 Å². The SMILES string of the molecule is CCNC(=NCCc1ccc(Br)s1)N1CCOC(c2cnn(C)c2)C1.I. The van der Waals surface area contributed by atoms with Crippen LogP contribution in [0.5, 0.6) is 0 Å². The van der Waals surface area contributed by atoms with Crippen molar-refractivity contribution in [3.63, 3.8) is 0 Å². The fourth-order valence-electron chi connectivity index (χ4n) is 2.83. The molecule has 0 spiro atoms. The van der Waals surface area contributed by atoms with Crippen LogP contribution in [0.25, 0.3) is 0 Å². The number of thiophene rings is 1. The van der Waals surface area contributed by atoms with Gasteiger partial charge in [0, 0.05) is 49.7 Å². The second-order valence-electron chi connectivity index (χ2n) is 5.94. The lowest BCUT2D eigenvalue weighted by atomic mass is 10.1. The molecule has 1 atom stereocenters. The van der Waals surface area contributed by atoms with Gasteiger partial charge in [0.1, 0.15) is 6.10 Å². The summed E-state index contributed by atoms with van der Waals surface area (Å²) < 4.78 is 8.92. The third kappa shape index (κ3) is 5.93. The molecular formula is C17H25BrIN5OS. The van der Waals surface area contributed by atoms with Gasteiger partial charge in [-0.2, -0.15) is 5.10 Å². The fourth-order valence-corrected chi connectivity index (χ4v) is 4.31. The van der Waals surface area contributed by atoms with E-state index in [9.17, 15) is 0 Å². The van der Waals surface area contributed by atoms with Crippen LogP contribution in [-0.4, -0.2) is 53.4 Å². The van der Waals surface area contributed by atoms with Crippen LogP contribution in [0.15, 0.2) is 33.3 Å². The average Bonchev–Trinajstić information content (AvgIpc) is 3.23. The van der Waals surface area contributed by atoms with Gasteiger partial charge in [0.2, 0.25) is 0 Å². The van der Waals surface area contributed by atoms with Crippen molar-refractivity contribution < 1.29 is 4.74 Å². The first kappa shape index (κ1) is 21.6. The Kier molecular flexibility index (Phi) is 8.85. The minimum atomic E-state index is 0. The van der Waals surface area contributed by atoms with Gasteiger partial charge in [-0.1, -0.05) is 0 Å². The van der Waals surface area contributed by atoms with Crippen molar-refractivity contribution >= 4 is 57.2 Å². The van der Waals surface area contributed by atoms with Crippen molar-refractivity contribution in [2.45, 2.75) is 19.4 Å². The van der Waals surface area contributed by atoms with E-state index in [4.69, 9.17) is 9.73 Å². The molecule has 144 valence electrons. The predicted octanol–water partition coefficient (Wildman–Crippen LogP) is 3.44. The van der Waals surface area contributed by atoms with Gasteiger partial charge in [-0.15, -0.1) is 35.3 Å². The lowest BCUT2D eigenvalue weighted by molar-refractivity contribution is -0.00803. The molecule has 0 aromatic carbocycles. The van der Waals surface area contributed by atoms with E-state index in [1.807, 2.05) is 24.1 Å². The van der Waals surface area contributed by atoms with Crippen molar-refractivity contribution in [3.8, 4) is 0 Å². The summed E-state index contributed by atoms with van der Waals surface area (Å²) in [6, 6.07) is 4.25. The maximum atomic E-state index is 5.93. The Bertz CT molecular complexity index is 720. The predicted molar refractivity (Wildman–Crippen MR) is 121 cm³/mol. The standard InChI is InChI=1S/C17H24BrN5OS.HI/c1-3-19-17(20-7-6-14-4-5-16(18)25-14)23-8-9-24-15(12-23)13-10-21-22(2)11-13;/h4-5,10-11,15H,3,6-9,12H2,1-2H3,(H,19,20);1H. The summed E-state index contributed by atoms with van der Waals surface area (Å²) >= 11 is 5.28. The largest absolute Gasteiger partial charge is 0.370 e. The Hall–Kier alpha value is -0.650. The summed E-state index contributed by atoms with van der Waals surface area (Å²) in [7, 11) is 1.93. The van der Waals surface area contributed by atoms with E-state index < -0.39 is 0 Å². The molecule has 0 amide bonds. The first-order valence-corrected chi connectivity index (χ1v) is 10.1. The maximum absolute atomic E-state index is 5.93. The van der Waals surface area contributed by atoms with E-state index in [0.717, 1.165) is 44.1 Å². The van der Waals surface area contributed by atoms with Gasteiger partial charge in [0.05, 0.1) is 23.1 Å². The van der Waals surface area contributed by atoms with E-state index in [2.05, 4.69) is 50.3 Å². The number of aryl methyl sites for hydroxylation is 1. The lowest BCUT2D eigenvalue weighted by Crippen LogP contribution is -2.48. The second kappa shape index (κ2) is 10.6. The molecule has 1 unspecified atom stereocenters. The molecule has 6 nitrogen and oxygen atoms in total. The zero-order valence-corrected chi connectivity index (χ0v) is 19.8. The van der Waals surface area contributed by atoms with Crippen molar-refractivity contribution in [1.29, 1.82) is 0 Å². The maximum Gasteiger partial charge on any atom is 0.194 e. The van der Waals surface area contributed by atoms with Gasteiger partial charge in [0.25, 0.3) is 0 Å². The molecule has 9 heteroatoms. The minimum absolute atomic E-state index is 0. The summed E-state index contributed by atoms with van der Waals surface area (Å²) in [5.41, 5.74) is 1.12. The fraction of sp³-hybridized carbons (Fsp3) is 0.529. The number of nitrogens with one attached hydrogen (secondary N) is 1. The van der Waals surface area contributed by atoms with E-state index in [-0.39, 0.29) is 30.1 Å². The normalized spacial score (nSPS) is 17.9. The Morgan fingerprint density at radius 2 is 2.35 bits per heavy atom. The summed E-state index contributed by atoms with van der Waals surface area (Å²) in [6.07, 6.45) is 4.90. The van der Waals surface area contributed by atoms with Crippen LogP contribution in [0, 0.1) is 0 Å². The number of nitrogens with zero attached hydrogens (tertiary/aromatic N) is 4. The van der Waals surface area contributed by atoms with E-state index >= 15 is 0 Å². The molecule has 0 saturated carbocycles. The molecule has 3 heterocycles. The van der Waals surface area contributed by atoms with Crippen LogP contribution in [0.4, 0.5) is 0 Å². The Balaban J connectivity index is 0.00000243. The minimum Gasteiger partial charge on any atom is -0.370 e. The molecule has 1 aliphatic rings. The van der Waals surface area contributed by atoms with Gasteiger partial charge in [-0.3, -0.25) is 9.67 Å². The van der Waals surface area contributed by atoms with E-state index in [1.165, 1.54) is 8.66 Å². The third-order valence-corrected chi connectivity index (χ3v) is 5.73. The molecule has 1 N–H and O–H groups in total. The number of morpholine rings is 1. The monoisotopic (exact) mass is 553 g/mol. The lowest BCUT2D eigenvalue weighted by Gasteiger charge is -2.34. The van der Waals surface area contributed by atoms with Crippen LogP contribution >= 0.6 is 51.2 Å². The summed E-state index contributed by atoms with van der Waals surface area (Å²) in [5.74, 6) is 0.968. The average molecular weight is 554 g/mol. The Labute approximate surface area is 184 Å². The molecule has 26 heavy (non-hydrogen) atoms. The number of hydrogen-bond acceptors (Lipinski definition) is 4. The highest BCUT2D eigenvalue weighted by Crippen LogP contribution is 2.23. The number of ether oxygens (including phenoxy) is 1. The first-order valence-electron chi connectivity index (χ1n) is 8.53. The van der Waals surface area contributed by atoms with Crippen LogP contribution in [0.2, 0.25) is 0 Å². The molecule has 3 rings (SSSR count). The summed E-state index contributed by atoms with van der Waals surface area (Å²) in [6.45, 7) is 6.09. The quantitative estimate of drug-likeness (QED) is 0.350. The molecular weight excluding hydrogens is 529 g/mol. The molecule has 2 aromatic heterocycles. The highest BCUT2D eigenvalue weighted by atomic mass is 127. The van der Waals surface area contributed by atoms with Crippen molar-refractivity contribution in [2.75, 3.05) is 32.8 Å². The van der Waals surface area contributed by atoms with Crippen molar-refractivity contribution in [3.05, 3.63) is 38.8 Å². The van der Waals surface area contributed by atoms with Gasteiger partial charge < -0.3 is 15.0 Å². The van der Waals surface area contributed by atoms with Gasteiger partial charge in [0.15, 0.2) is 5.96 Å². The number of guanidine groups is 1. The molecule has 0 bridgehead atoms.